The van der Waals surface area contributed by atoms with Crippen molar-refractivity contribution in [3.63, 3.8) is 0 Å². The average Bonchev–Trinajstić information content (AvgIpc) is 2.46. The summed E-state index contributed by atoms with van der Waals surface area (Å²) >= 11 is 3.47. The number of aryl methyl sites for hydroxylation is 1. The lowest BCUT2D eigenvalue weighted by molar-refractivity contribution is 0.100. The number of nitrogens with two attached hydrogens (primary N) is 1. The first kappa shape index (κ1) is 8.13. The van der Waals surface area contributed by atoms with Gasteiger partial charge in [0.1, 0.15) is 0 Å². The smallest absolute Gasteiger partial charge is 0.258 e. The number of primary amides is 1. The number of fused-ring (bicyclic) bond motifs is 1. The Morgan fingerprint density at radius 1 is 1.58 bits per heavy atom. The molecule has 0 saturated heterocycles. The van der Waals surface area contributed by atoms with Gasteiger partial charge >= 0.3 is 0 Å². The molecule has 0 unspecified atom stereocenters. The summed E-state index contributed by atoms with van der Waals surface area (Å²) in [7, 11) is 0. The van der Waals surface area contributed by atoms with E-state index in [2.05, 4.69) is 0 Å². The fourth-order valence-corrected chi connectivity index (χ4v) is 3.49. The molecule has 0 fully saturated rings. The summed E-state index contributed by atoms with van der Waals surface area (Å²) in [5.41, 5.74) is 6.50. The Labute approximate surface area is 79.2 Å². The van der Waals surface area contributed by atoms with E-state index in [-0.39, 0.29) is 5.91 Å². The molecule has 2 heterocycles. The highest BCUT2D eigenvalue weighted by molar-refractivity contribution is 7.98. The molecule has 2 rings (SSSR count). The maximum Gasteiger partial charge on any atom is 0.258 e. The molecule has 0 bridgehead atoms. The third-order valence-electron chi connectivity index (χ3n) is 1.87. The van der Waals surface area contributed by atoms with Crippen molar-refractivity contribution in [3.8, 4) is 0 Å². The Morgan fingerprint density at radius 2 is 2.42 bits per heavy atom. The zero-order valence-corrected chi connectivity index (χ0v) is 8.13. The first-order valence-corrected chi connectivity index (χ1v) is 5.73. The second-order valence-corrected chi connectivity index (χ2v) is 4.97. The number of hydrogen-bond donors (Lipinski definition) is 1. The number of rotatable bonds is 1. The molecule has 0 aromatic carbocycles. The fraction of sp³-hybridized carbons (Fsp3) is 0.375. The maximum absolute atomic E-state index is 10.8. The normalized spacial score (nSPS) is 15.7. The van der Waals surface area contributed by atoms with E-state index >= 15 is 0 Å². The molecular weight excluding hydrogens is 190 g/mol. The zero-order chi connectivity index (χ0) is 8.55. The quantitative estimate of drug-likeness (QED) is 0.747. The minimum absolute atomic E-state index is 0.292. The Kier molecular flexibility index (Phi) is 2.11. The molecule has 64 valence electrons. The van der Waals surface area contributed by atoms with E-state index in [1.165, 1.54) is 16.2 Å². The van der Waals surface area contributed by atoms with E-state index < -0.39 is 0 Å². The molecule has 1 amide bonds. The minimum Gasteiger partial charge on any atom is -0.365 e. The molecule has 2 N–H and O–H groups in total. The van der Waals surface area contributed by atoms with Crippen molar-refractivity contribution in [3.05, 3.63) is 21.4 Å². The van der Waals surface area contributed by atoms with Crippen LogP contribution in [0.3, 0.4) is 0 Å². The van der Waals surface area contributed by atoms with E-state index in [4.69, 9.17) is 5.73 Å². The van der Waals surface area contributed by atoms with Gasteiger partial charge in [-0.1, -0.05) is 0 Å². The van der Waals surface area contributed by atoms with E-state index in [9.17, 15) is 4.79 Å². The number of thiophene rings is 1. The van der Waals surface area contributed by atoms with Gasteiger partial charge in [-0.3, -0.25) is 4.79 Å². The van der Waals surface area contributed by atoms with Crippen LogP contribution in [-0.4, -0.2) is 11.7 Å². The summed E-state index contributed by atoms with van der Waals surface area (Å²) in [6.45, 7) is 0. The van der Waals surface area contributed by atoms with E-state index in [1.807, 2.05) is 17.8 Å². The van der Waals surface area contributed by atoms with Gasteiger partial charge < -0.3 is 5.73 Å². The van der Waals surface area contributed by atoms with Crippen molar-refractivity contribution < 1.29 is 4.79 Å². The van der Waals surface area contributed by atoms with Gasteiger partial charge in [-0.15, -0.1) is 11.3 Å². The van der Waals surface area contributed by atoms with E-state index in [1.54, 1.807) is 11.3 Å². The molecule has 1 aromatic rings. The molecule has 0 aliphatic carbocycles. The van der Waals surface area contributed by atoms with Crippen molar-refractivity contribution >= 4 is 29.0 Å². The van der Waals surface area contributed by atoms with Crippen LogP contribution in [0.25, 0.3) is 0 Å². The molecule has 0 spiro atoms. The van der Waals surface area contributed by atoms with Crippen molar-refractivity contribution in [1.82, 2.24) is 0 Å². The first-order chi connectivity index (χ1) is 5.77. The van der Waals surface area contributed by atoms with Crippen LogP contribution in [0.5, 0.6) is 0 Å². The highest BCUT2D eigenvalue weighted by Gasteiger charge is 2.15. The van der Waals surface area contributed by atoms with Gasteiger partial charge in [0.15, 0.2) is 0 Å². The average molecular weight is 199 g/mol. The standard InChI is InChI=1S/C8H9NOS2/c9-8(10)7-3-5-4-11-2-1-6(5)12-7/h3H,1-2,4H2,(H2,9,10). The van der Waals surface area contributed by atoms with Gasteiger partial charge in [0.05, 0.1) is 4.88 Å². The number of thioether (sulfide) groups is 1. The van der Waals surface area contributed by atoms with Gasteiger partial charge in [0, 0.05) is 10.6 Å². The van der Waals surface area contributed by atoms with Gasteiger partial charge in [-0.25, -0.2) is 0 Å². The van der Waals surface area contributed by atoms with Crippen LogP contribution in [0.2, 0.25) is 0 Å². The van der Waals surface area contributed by atoms with Crippen LogP contribution in [0, 0.1) is 0 Å². The van der Waals surface area contributed by atoms with Gasteiger partial charge in [-0.05, 0) is 23.8 Å². The third-order valence-corrected chi connectivity index (χ3v) is 4.13. The Morgan fingerprint density at radius 3 is 3.08 bits per heavy atom. The monoisotopic (exact) mass is 199 g/mol. The minimum atomic E-state index is -0.292. The van der Waals surface area contributed by atoms with Crippen LogP contribution in [0.15, 0.2) is 6.07 Å². The highest BCUT2D eigenvalue weighted by Crippen LogP contribution is 2.31. The van der Waals surface area contributed by atoms with Crippen LogP contribution in [0.4, 0.5) is 0 Å². The van der Waals surface area contributed by atoms with Crippen LogP contribution in [0.1, 0.15) is 20.1 Å². The predicted octanol–water partition coefficient (Wildman–Crippen LogP) is 1.64. The predicted molar refractivity (Wildman–Crippen MR) is 52.7 cm³/mol. The lowest BCUT2D eigenvalue weighted by Crippen LogP contribution is -2.08. The second kappa shape index (κ2) is 3.11. The summed E-state index contributed by atoms with van der Waals surface area (Å²) in [6.07, 6.45) is 1.10. The zero-order valence-electron chi connectivity index (χ0n) is 6.50. The summed E-state index contributed by atoms with van der Waals surface area (Å²) in [4.78, 5) is 12.9. The number of carbonyl (C=O) groups excluding carboxylic acids is 1. The molecule has 12 heavy (non-hydrogen) atoms. The van der Waals surface area contributed by atoms with Gasteiger partial charge in [0.2, 0.25) is 0 Å². The number of carbonyl (C=O) groups is 1. The van der Waals surface area contributed by atoms with E-state index in [0.717, 1.165) is 12.2 Å². The largest absolute Gasteiger partial charge is 0.365 e. The Balaban J connectivity index is 2.38. The highest BCUT2D eigenvalue weighted by atomic mass is 32.2. The van der Waals surface area contributed by atoms with Crippen LogP contribution >= 0.6 is 23.1 Å². The van der Waals surface area contributed by atoms with Crippen LogP contribution < -0.4 is 5.73 Å². The first-order valence-electron chi connectivity index (χ1n) is 3.76. The SMILES string of the molecule is NC(=O)c1cc2c(s1)CCSC2. The summed E-state index contributed by atoms with van der Waals surface area (Å²) < 4.78 is 0. The van der Waals surface area contributed by atoms with Crippen LogP contribution in [-0.2, 0) is 12.2 Å². The summed E-state index contributed by atoms with van der Waals surface area (Å²) in [5.74, 6) is 1.92. The molecule has 0 radical (unpaired) electrons. The molecule has 0 saturated carbocycles. The number of hydrogen-bond acceptors (Lipinski definition) is 3. The molecule has 4 heteroatoms. The molecule has 1 aliphatic heterocycles. The molecule has 0 atom stereocenters. The second-order valence-electron chi connectivity index (χ2n) is 2.73. The summed E-state index contributed by atoms with van der Waals surface area (Å²) in [5, 5.41) is 0. The van der Waals surface area contributed by atoms with Crippen molar-refractivity contribution in [1.29, 1.82) is 0 Å². The number of amides is 1. The molecular formula is C8H9NOS2. The summed E-state index contributed by atoms with van der Waals surface area (Å²) in [6, 6.07) is 1.94. The van der Waals surface area contributed by atoms with E-state index in [0.29, 0.717) is 4.88 Å². The fourth-order valence-electron chi connectivity index (χ4n) is 1.27. The Bertz CT molecular complexity index is 295. The van der Waals surface area contributed by atoms with Crippen molar-refractivity contribution in [2.45, 2.75) is 12.2 Å². The lowest BCUT2D eigenvalue weighted by Gasteiger charge is -2.08. The van der Waals surface area contributed by atoms with Crippen molar-refractivity contribution in [2.24, 2.45) is 5.73 Å². The maximum atomic E-state index is 10.8. The lowest BCUT2D eigenvalue weighted by atomic mass is 10.2. The van der Waals surface area contributed by atoms with Gasteiger partial charge in [0.25, 0.3) is 5.91 Å². The third kappa shape index (κ3) is 1.36. The molecule has 2 nitrogen and oxygen atoms in total. The molecule has 1 aromatic heterocycles. The van der Waals surface area contributed by atoms with Gasteiger partial charge in [-0.2, -0.15) is 11.8 Å². The molecule has 1 aliphatic rings. The Hall–Kier alpha value is -0.480. The van der Waals surface area contributed by atoms with Crippen molar-refractivity contribution in [2.75, 3.05) is 5.75 Å². The topological polar surface area (TPSA) is 43.1 Å².